The second-order valence-corrected chi connectivity index (χ2v) is 23.9. The minimum absolute atomic E-state index is 0.0504. The molecule has 0 spiro atoms. The van der Waals surface area contributed by atoms with Crippen LogP contribution in [0.15, 0.2) is 34.3 Å². The molecule has 0 aliphatic heterocycles. The van der Waals surface area contributed by atoms with Gasteiger partial charge in [0.1, 0.15) is 17.2 Å². The largest absolute Gasteiger partial charge is 0.507 e. The maximum Gasteiger partial charge on any atom is 0.311 e. The monoisotopic (exact) mass is 777 g/mol. The molecule has 0 aromatic heterocycles. The molecule has 2 N–H and O–H groups in total. The maximum atomic E-state index is 13.0. The number of esters is 1. The fraction of sp³-hybridized carbons (Fsp3) is 0.681. The molecule has 2 atom stereocenters. The summed E-state index contributed by atoms with van der Waals surface area (Å²) in [4.78, 5) is 23.0. The summed E-state index contributed by atoms with van der Waals surface area (Å²) >= 11 is 0. The first-order chi connectivity index (χ1) is 25.6. The van der Waals surface area contributed by atoms with Crippen LogP contribution in [0.25, 0.3) is 0 Å². The molecule has 308 valence electrons. The highest BCUT2D eigenvalue weighted by Gasteiger charge is 2.28. The van der Waals surface area contributed by atoms with E-state index < -0.39 is 8.32 Å². The fourth-order valence-corrected chi connectivity index (χ4v) is 9.46. The second kappa shape index (κ2) is 20.4. The van der Waals surface area contributed by atoms with E-state index in [-0.39, 0.29) is 45.8 Å². The van der Waals surface area contributed by atoms with Crippen molar-refractivity contribution in [2.45, 2.75) is 200 Å². The Morgan fingerprint density at radius 3 is 1.67 bits per heavy atom. The number of rotatable bonds is 18. The number of aromatic hydroxyl groups is 2. The lowest BCUT2D eigenvalue weighted by Crippen LogP contribution is -2.29. The van der Waals surface area contributed by atoms with Crippen LogP contribution < -0.4 is 4.74 Å². The summed E-state index contributed by atoms with van der Waals surface area (Å²) in [6.07, 6.45) is 17.1. The summed E-state index contributed by atoms with van der Waals surface area (Å²) in [7, 11) is -1.46. The van der Waals surface area contributed by atoms with Crippen LogP contribution in [0, 0.1) is 0 Å². The number of unbranched alkanes of at least 4 members (excludes halogenated alkanes) is 7. The third-order valence-electron chi connectivity index (χ3n) is 10.9. The van der Waals surface area contributed by atoms with Crippen molar-refractivity contribution in [2.75, 3.05) is 6.61 Å². The number of nitrogens with zero attached hydrogens (tertiary/aromatic N) is 2. The number of hydrogen-bond donors (Lipinski definition) is 2. The summed E-state index contributed by atoms with van der Waals surface area (Å²) in [6, 6.07) is 8.83. The predicted octanol–water partition coefficient (Wildman–Crippen LogP) is 12.5. The first-order valence-electron chi connectivity index (χ1n) is 21.3. The molecule has 3 rings (SSSR count). The highest BCUT2D eigenvalue weighted by Crippen LogP contribution is 2.39. The van der Waals surface area contributed by atoms with Gasteiger partial charge in [-0.05, 0) is 85.3 Å². The molecule has 2 aromatic rings. The van der Waals surface area contributed by atoms with Crippen molar-refractivity contribution in [1.82, 2.24) is 0 Å². The maximum absolute atomic E-state index is 13.0. The molecule has 0 heterocycles. The Morgan fingerprint density at radius 1 is 0.709 bits per heavy atom. The molecule has 1 aliphatic carbocycles. The number of hydrogen-bond acceptors (Lipinski definition) is 7. The first kappa shape index (κ1) is 46.4. The van der Waals surface area contributed by atoms with Crippen molar-refractivity contribution in [1.29, 1.82) is 0 Å². The van der Waals surface area contributed by atoms with Crippen LogP contribution in [0.5, 0.6) is 17.2 Å². The van der Waals surface area contributed by atoms with Crippen LogP contribution in [0.2, 0.25) is 19.1 Å². The quantitative estimate of drug-likeness (QED) is 0.0516. The lowest BCUT2D eigenvalue weighted by molar-refractivity contribution is -0.134. The molecule has 0 bridgehead atoms. The molecule has 0 amide bonds. The average Bonchev–Trinajstić information content (AvgIpc) is 3.07. The number of phenols is 2. The van der Waals surface area contributed by atoms with E-state index in [0.29, 0.717) is 23.3 Å². The minimum atomic E-state index is -1.46. The third kappa shape index (κ3) is 15.1. The van der Waals surface area contributed by atoms with E-state index in [1.54, 1.807) is 18.3 Å². The minimum Gasteiger partial charge on any atom is -0.507 e. The van der Waals surface area contributed by atoms with Gasteiger partial charge in [0.05, 0.1) is 12.1 Å². The van der Waals surface area contributed by atoms with Crippen molar-refractivity contribution in [3.05, 3.63) is 52.1 Å². The molecule has 0 radical (unpaired) electrons. The van der Waals surface area contributed by atoms with Gasteiger partial charge in [0.25, 0.3) is 0 Å². The van der Waals surface area contributed by atoms with Crippen LogP contribution in [0.1, 0.15) is 181 Å². The van der Waals surface area contributed by atoms with Crippen molar-refractivity contribution < 1.29 is 24.2 Å². The van der Waals surface area contributed by atoms with Crippen LogP contribution in [-0.4, -0.2) is 55.6 Å². The van der Waals surface area contributed by atoms with Crippen molar-refractivity contribution in [2.24, 2.45) is 9.98 Å². The molecular formula is C47H76N2O5Si. The Hall–Kier alpha value is -2.97. The van der Waals surface area contributed by atoms with Crippen LogP contribution >= 0.6 is 0 Å². The number of phenolic OH excluding ortho intramolecular Hbond substituents is 2. The van der Waals surface area contributed by atoms with Gasteiger partial charge in [0.15, 0.2) is 8.32 Å². The number of carbonyl (C=O) groups is 1. The van der Waals surface area contributed by atoms with Gasteiger partial charge in [-0.25, -0.2) is 0 Å². The summed E-state index contributed by atoms with van der Waals surface area (Å²) in [5.41, 5.74) is 3.40. The van der Waals surface area contributed by atoms with E-state index >= 15 is 0 Å². The summed E-state index contributed by atoms with van der Waals surface area (Å²) in [5.74, 6) is 0.633. The number of carbonyl (C=O) groups excluding carboxylic acids is 1. The van der Waals surface area contributed by atoms with E-state index in [2.05, 4.69) is 73.7 Å². The Morgan fingerprint density at radius 2 is 1.18 bits per heavy atom. The first-order valence-corrected chi connectivity index (χ1v) is 24.4. The third-order valence-corrected chi connectivity index (χ3v) is 13.5. The molecule has 2 aromatic carbocycles. The molecule has 1 saturated carbocycles. The molecule has 1 fully saturated rings. The van der Waals surface area contributed by atoms with Gasteiger partial charge in [-0.2, -0.15) is 0 Å². The normalized spacial score (nSPS) is 17.4. The van der Waals surface area contributed by atoms with E-state index in [9.17, 15) is 15.0 Å². The standard InChI is InChI=1S/C47H76N2O5Si/c1-13-53-55(11,12)27-23-19-17-15-14-16-18-20-26-42(50)54-37-29-35(44(52)39(31-37)47(8,9)10)33-49-41-25-22-21-24-40(41)48-32-34-28-36(45(2,3)4)30-38(43(34)51)46(5,6)7/h28-33,40-41,51-52H,13-27H2,1-12H3/t40-,41-/m1/s1. The van der Waals surface area contributed by atoms with Gasteiger partial charge >= 0.3 is 5.97 Å². The van der Waals surface area contributed by atoms with Crippen molar-refractivity contribution >= 4 is 26.7 Å². The van der Waals surface area contributed by atoms with Gasteiger partial charge < -0.3 is 19.4 Å². The lowest BCUT2D eigenvalue weighted by atomic mass is 9.79. The smallest absolute Gasteiger partial charge is 0.311 e. The number of ether oxygens (including phenoxy) is 1. The van der Waals surface area contributed by atoms with E-state index in [1.807, 2.05) is 27.0 Å². The predicted molar refractivity (Wildman–Crippen MR) is 235 cm³/mol. The molecule has 55 heavy (non-hydrogen) atoms. The molecule has 0 unspecified atom stereocenters. The zero-order valence-electron chi connectivity index (χ0n) is 36.7. The highest BCUT2D eigenvalue weighted by molar-refractivity contribution is 6.71. The Bertz CT molecular complexity index is 1590. The Kier molecular flexibility index (Phi) is 17.3. The number of benzene rings is 2. The average molecular weight is 777 g/mol. The zero-order chi connectivity index (χ0) is 41.0. The molecule has 0 saturated heterocycles. The van der Waals surface area contributed by atoms with Gasteiger partial charge in [0.2, 0.25) is 0 Å². The Balaban J connectivity index is 1.66. The van der Waals surface area contributed by atoms with E-state index in [4.69, 9.17) is 19.1 Å². The lowest BCUT2D eigenvalue weighted by Gasteiger charge is -2.28. The number of aliphatic imine (C=N–C) groups is 2. The van der Waals surface area contributed by atoms with Crippen LogP contribution in [0.4, 0.5) is 0 Å². The van der Waals surface area contributed by atoms with Crippen molar-refractivity contribution in [3.63, 3.8) is 0 Å². The highest BCUT2D eigenvalue weighted by atomic mass is 28.4. The summed E-state index contributed by atoms with van der Waals surface area (Å²) in [5, 5.41) is 22.7. The van der Waals surface area contributed by atoms with E-state index in [0.717, 1.165) is 68.2 Å². The van der Waals surface area contributed by atoms with Crippen molar-refractivity contribution in [3.8, 4) is 17.2 Å². The zero-order valence-corrected chi connectivity index (χ0v) is 37.7. The molecular weight excluding hydrogens is 701 g/mol. The van der Waals surface area contributed by atoms with Gasteiger partial charge in [-0.3, -0.25) is 14.8 Å². The van der Waals surface area contributed by atoms with Gasteiger partial charge in [0, 0.05) is 47.7 Å². The van der Waals surface area contributed by atoms with Crippen LogP contribution in [-0.2, 0) is 25.5 Å². The summed E-state index contributed by atoms with van der Waals surface area (Å²) in [6.45, 7) is 26.6. The second-order valence-electron chi connectivity index (χ2n) is 19.6. The van der Waals surface area contributed by atoms with Gasteiger partial charge in [-0.15, -0.1) is 0 Å². The molecule has 8 heteroatoms. The topological polar surface area (TPSA) is 101 Å². The van der Waals surface area contributed by atoms with Gasteiger partial charge in [-0.1, -0.05) is 126 Å². The van der Waals surface area contributed by atoms with Crippen LogP contribution in [0.3, 0.4) is 0 Å². The summed E-state index contributed by atoms with van der Waals surface area (Å²) < 4.78 is 11.8. The fourth-order valence-electron chi connectivity index (χ4n) is 7.44. The van der Waals surface area contributed by atoms with E-state index in [1.165, 1.54) is 38.1 Å². The Labute approximate surface area is 336 Å². The molecule has 7 nitrogen and oxygen atoms in total. The molecule has 1 aliphatic rings. The SMILES string of the molecule is CCO[Si](C)(C)CCCCCCCCCCC(=O)Oc1cc(C=N[C@@H]2CCCC[C@H]2N=Cc2cc(C(C)(C)C)cc(C(C)(C)C)c2O)c(O)c(C(C)(C)C)c1.